The molecular formula is C6H14O6S. The molecule has 6 nitrogen and oxygen atoms in total. The van der Waals surface area contributed by atoms with Gasteiger partial charge in [-0.15, -0.1) is 0 Å². The maximum absolute atomic E-state index is 9.63. The third kappa shape index (κ3) is 24.6. The van der Waals surface area contributed by atoms with Crippen molar-refractivity contribution in [1.29, 1.82) is 0 Å². The summed E-state index contributed by atoms with van der Waals surface area (Å²) in [5.41, 5.74) is 0. The van der Waals surface area contributed by atoms with Gasteiger partial charge in [-0.05, 0) is 6.42 Å². The average Bonchev–Trinajstić information content (AvgIpc) is 1.84. The minimum Gasteiger partial charge on any atom is -0.481 e. The molecule has 0 heterocycles. The molecule has 0 atom stereocenters. The fourth-order valence-corrected chi connectivity index (χ4v) is 0.560. The van der Waals surface area contributed by atoms with E-state index in [-0.39, 0.29) is 0 Å². The molecule has 0 amide bonds. The van der Waals surface area contributed by atoms with Gasteiger partial charge in [0.15, 0.2) is 0 Å². The Hall–Kier alpha value is -0.660. The summed E-state index contributed by atoms with van der Waals surface area (Å²) in [7, 11) is -3.92. The Morgan fingerprint density at radius 2 is 1.85 bits per heavy atom. The third-order valence-electron chi connectivity index (χ3n) is 0.813. The van der Waals surface area contributed by atoms with Gasteiger partial charge in [0.25, 0.3) is 10.1 Å². The van der Waals surface area contributed by atoms with Crippen LogP contribution in [-0.4, -0.2) is 41.5 Å². The lowest BCUT2D eigenvalue weighted by atomic mass is 10.4. The highest BCUT2D eigenvalue weighted by atomic mass is 32.2. The smallest absolute Gasteiger partial charge is 0.303 e. The highest BCUT2D eigenvalue weighted by Gasteiger charge is 1.99. The number of rotatable bonds is 4. The van der Waals surface area contributed by atoms with E-state index >= 15 is 0 Å². The summed E-state index contributed by atoms with van der Waals surface area (Å²) in [6.07, 6.45) is 1.02. The van der Waals surface area contributed by atoms with Gasteiger partial charge in [-0.3, -0.25) is 9.35 Å². The highest BCUT2D eigenvalue weighted by Crippen LogP contribution is 1.82. The Labute approximate surface area is 76.9 Å². The van der Waals surface area contributed by atoms with E-state index in [0.29, 0.717) is 6.42 Å². The highest BCUT2D eigenvalue weighted by molar-refractivity contribution is 7.85. The number of carboxylic acids is 1. The molecule has 0 aromatic heterocycles. The fraction of sp³-hybridized carbons (Fsp3) is 0.833. The summed E-state index contributed by atoms with van der Waals surface area (Å²) in [5, 5.41) is 15.8. The van der Waals surface area contributed by atoms with E-state index in [1.54, 1.807) is 0 Å². The van der Waals surface area contributed by atoms with Crippen LogP contribution < -0.4 is 0 Å². The van der Waals surface area contributed by atoms with Gasteiger partial charge in [0.1, 0.15) is 0 Å². The van der Waals surface area contributed by atoms with E-state index < -0.39 is 28.4 Å². The van der Waals surface area contributed by atoms with Crippen molar-refractivity contribution in [3.8, 4) is 0 Å². The van der Waals surface area contributed by atoms with Crippen LogP contribution in [0.3, 0.4) is 0 Å². The minimum absolute atomic E-state index is 0.292. The van der Waals surface area contributed by atoms with Gasteiger partial charge >= 0.3 is 5.97 Å². The zero-order chi connectivity index (χ0) is 10.9. The molecule has 0 rings (SSSR count). The third-order valence-corrected chi connectivity index (χ3v) is 1.51. The summed E-state index contributed by atoms with van der Waals surface area (Å²) >= 11 is 0. The molecule has 80 valence electrons. The Morgan fingerprint density at radius 1 is 1.38 bits per heavy atom. The Bertz CT molecular complexity index is 219. The van der Waals surface area contributed by atoms with E-state index in [4.69, 9.17) is 14.8 Å². The van der Waals surface area contributed by atoms with Crippen LogP contribution in [0.5, 0.6) is 0 Å². The Morgan fingerprint density at radius 3 is 1.85 bits per heavy atom. The molecule has 0 aromatic carbocycles. The van der Waals surface area contributed by atoms with Crippen molar-refractivity contribution < 1.29 is 28.0 Å². The molecule has 0 aromatic rings. The Balaban J connectivity index is 0. The summed E-state index contributed by atoms with van der Waals surface area (Å²) in [6, 6.07) is 0. The quantitative estimate of drug-likeness (QED) is 0.556. The number of carbonyl (C=O) groups is 1. The molecule has 0 fully saturated rings. The molecule has 0 unspecified atom stereocenters. The van der Waals surface area contributed by atoms with Crippen molar-refractivity contribution in [1.82, 2.24) is 0 Å². The lowest BCUT2D eigenvalue weighted by molar-refractivity contribution is -0.137. The van der Waals surface area contributed by atoms with Crippen LogP contribution in [0.4, 0.5) is 0 Å². The molecule has 0 aliphatic rings. The van der Waals surface area contributed by atoms with Gasteiger partial charge in [-0.25, -0.2) is 0 Å². The zero-order valence-corrected chi connectivity index (χ0v) is 8.12. The molecule has 0 saturated heterocycles. The summed E-state index contributed by atoms with van der Waals surface area (Å²) in [5.74, 6) is -1.29. The van der Waals surface area contributed by atoms with Crippen molar-refractivity contribution in [2.45, 2.75) is 19.8 Å². The predicted molar refractivity (Wildman–Crippen MR) is 46.0 cm³/mol. The van der Waals surface area contributed by atoms with Crippen molar-refractivity contribution >= 4 is 16.1 Å². The number of aliphatic hydroxyl groups excluding tert-OH is 1. The number of aliphatic hydroxyl groups is 1. The lowest BCUT2D eigenvalue weighted by Gasteiger charge is -1.85. The minimum atomic E-state index is -3.92. The van der Waals surface area contributed by atoms with Gasteiger partial charge in [-0.2, -0.15) is 8.42 Å². The summed E-state index contributed by atoms with van der Waals surface area (Å²) in [6.45, 7) is 1.31. The second-order valence-corrected chi connectivity index (χ2v) is 3.73. The van der Waals surface area contributed by atoms with E-state index in [1.165, 1.54) is 0 Å². The van der Waals surface area contributed by atoms with E-state index in [0.717, 1.165) is 6.42 Å². The standard InChI is InChI=1S/C4H8O2.C2H6O4S/c1-2-3-4(5)6;3-1-2-7(4,5)6/h2-3H2,1H3,(H,5,6);3H,1-2H2,(H,4,5,6). The SMILES string of the molecule is CCCC(=O)O.O=S(=O)(O)CCO. The molecule has 13 heavy (non-hydrogen) atoms. The van der Waals surface area contributed by atoms with Gasteiger partial charge in [0.05, 0.1) is 12.4 Å². The molecule has 0 radical (unpaired) electrons. The van der Waals surface area contributed by atoms with Crippen LogP contribution in [0.2, 0.25) is 0 Å². The first-order chi connectivity index (χ1) is 5.83. The van der Waals surface area contributed by atoms with Crippen LogP contribution in [0.1, 0.15) is 19.8 Å². The van der Waals surface area contributed by atoms with Crippen LogP contribution in [0.15, 0.2) is 0 Å². The predicted octanol–water partition coefficient (Wildman–Crippen LogP) is -0.262. The lowest BCUT2D eigenvalue weighted by Crippen LogP contribution is -2.06. The number of aliphatic carboxylic acids is 1. The van der Waals surface area contributed by atoms with Crippen molar-refractivity contribution in [2.75, 3.05) is 12.4 Å². The number of hydrogen-bond acceptors (Lipinski definition) is 4. The van der Waals surface area contributed by atoms with Crippen molar-refractivity contribution in [2.24, 2.45) is 0 Å². The monoisotopic (exact) mass is 214 g/mol. The average molecular weight is 214 g/mol. The second kappa shape index (κ2) is 7.96. The van der Waals surface area contributed by atoms with E-state index in [2.05, 4.69) is 0 Å². The molecule has 0 aliphatic carbocycles. The number of carboxylic acid groups (broad SMARTS) is 1. The van der Waals surface area contributed by atoms with E-state index in [1.807, 2.05) is 6.92 Å². The van der Waals surface area contributed by atoms with Crippen LogP contribution in [0, 0.1) is 0 Å². The Kier molecular flexibility index (Phi) is 9.09. The van der Waals surface area contributed by atoms with Crippen LogP contribution >= 0.6 is 0 Å². The molecule has 0 spiro atoms. The summed E-state index contributed by atoms with van der Waals surface area (Å²) in [4.78, 5) is 9.60. The maximum Gasteiger partial charge on any atom is 0.303 e. The molecule has 7 heteroatoms. The van der Waals surface area contributed by atoms with Gasteiger partial charge in [-0.1, -0.05) is 6.92 Å². The maximum atomic E-state index is 9.63. The summed E-state index contributed by atoms with van der Waals surface area (Å²) < 4.78 is 27.1. The fourth-order valence-electron chi connectivity index (χ4n) is 0.329. The zero-order valence-electron chi connectivity index (χ0n) is 7.30. The molecule has 0 saturated carbocycles. The first-order valence-corrected chi connectivity index (χ1v) is 5.22. The molecular weight excluding hydrogens is 200 g/mol. The van der Waals surface area contributed by atoms with Gasteiger partial charge in [0.2, 0.25) is 0 Å². The molecule has 0 aliphatic heterocycles. The van der Waals surface area contributed by atoms with Crippen LogP contribution in [-0.2, 0) is 14.9 Å². The number of hydrogen-bond donors (Lipinski definition) is 3. The van der Waals surface area contributed by atoms with Crippen LogP contribution in [0.25, 0.3) is 0 Å². The largest absolute Gasteiger partial charge is 0.481 e. The molecule has 3 N–H and O–H groups in total. The van der Waals surface area contributed by atoms with Crippen molar-refractivity contribution in [3.05, 3.63) is 0 Å². The van der Waals surface area contributed by atoms with Gasteiger partial charge < -0.3 is 10.2 Å². The van der Waals surface area contributed by atoms with Crippen molar-refractivity contribution in [3.63, 3.8) is 0 Å². The first-order valence-electron chi connectivity index (χ1n) is 3.61. The normalized spacial score (nSPS) is 10.1. The molecule has 0 bridgehead atoms. The van der Waals surface area contributed by atoms with Gasteiger partial charge in [0, 0.05) is 6.42 Å². The first kappa shape index (κ1) is 14.8. The second-order valence-electron chi connectivity index (χ2n) is 2.15. The van der Waals surface area contributed by atoms with E-state index in [9.17, 15) is 13.2 Å². The topological polar surface area (TPSA) is 112 Å².